The van der Waals surface area contributed by atoms with Gasteiger partial charge in [0.25, 0.3) is 17.7 Å². The van der Waals surface area contributed by atoms with Gasteiger partial charge in [0, 0.05) is 43.9 Å². The molecule has 3 amide bonds. The van der Waals surface area contributed by atoms with Crippen molar-refractivity contribution in [3.63, 3.8) is 0 Å². The van der Waals surface area contributed by atoms with Crippen LogP contribution >= 0.6 is 103 Å². The van der Waals surface area contributed by atoms with Gasteiger partial charge in [0.1, 0.15) is 17.2 Å². The van der Waals surface area contributed by atoms with Crippen molar-refractivity contribution >= 4 is 138 Å². The number of carbonyl (C=O) groups is 3. The Morgan fingerprint density at radius 2 is 0.607 bits per heavy atom. The Labute approximate surface area is 371 Å². The molecule has 0 radical (unpaired) electrons. The van der Waals surface area contributed by atoms with Gasteiger partial charge in [-0.2, -0.15) is 4.57 Å². The molecule has 6 rings (SSSR count). The van der Waals surface area contributed by atoms with Crippen LogP contribution in [-0.2, 0) is 4.57 Å². The van der Waals surface area contributed by atoms with Crippen molar-refractivity contribution in [1.29, 1.82) is 0 Å². The van der Waals surface area contributed by atoms with Crippen LogP contribution in [0.3, 0.4) is 0 Å². The molecule has 6 aromatic carbocycles. The molecule has 0 saturated carbocycles. The van der Waals surface area contributed by atoms with E-state index in [1.54, 1.807) is 91.0 Å². The third kappa shape index (κ3) is 11.2. The molecule has 0 spiro atoms. The summed E-state index contributed by atoms with van der Waals surface area (Å²) in [4.78, 5) is 41.1. The number of hydrogen-bond acceptors (Lipinski definition) is 7. The number of benzene rings is 6. The van der Waals surface area contributed by atoms with Crippen LogP contribution in [-0.4, -0.2) is 17.7 Å². The number of halogens is 6. The van der Waals surface area contributed by atoms with Gasteiger partial charge in [-0.15, -0.1) is 0 Å². The Balaban J connectivity index is 1.41. The van der Waals surface area contributed by atoms with Crippen LogP contribution in [0.5, 0.6) is 17.2 Å². The van der Waals surface area contributed by atoms with E-state index in [-0.39, 0.29) is 33.9 Å². The van der Waals surface area contributed by atoms with Crippen molar-refractivity contribution in [3.8, 4) is 17.2 Å². The van der Waals surface area contributed by atoms with Crippen molar-refractivity contribution < 1.29 is 32.5 Å². The predicted molar refractivity (Wildman–Crippen MR) is 238 cm³/mol. The molecule has 0 aliphatic rings. The molecule has 0 atom stereocenters. The number of phosphoric ester groups is 1. The number of carbonyl (C=O) groups excluding carboxylic acids is 3. The molecule has 0 aliphatic carbocycles. The fourth-order valence-corrected chi connectivity index (χ4v) is 8.08. The first kappa shape index (κ1) is 41.9. The highest BCUT2D eigenvalue weighted by Gasteiger charge is 2.38. The van der Waals surface area contributed by atoms with Crippen molar-refractivity contribution in [2.24, 2.45) is 0 Å². The zero-order valence-electron chi connectivity index (χ0n) is 28.2. The van der Waals surface area contributed by atoms with Crippen LogP contribution in [0, 0.1) is 0 Å². The minimum atomic E-state index is -5.00. The van der Waals surface area contributed by atoms with E-state index in [4.69, 9.17) is 13.6 Å². The minimum absolute atomic E-state index is 0.0391. The summed E-state index contributed by atoms with van der Waals surface area (Å²) >= 11 is 20.3. The summed E-state index contributed by atoms with van der Waals surface area (Å²) in [6.45, 7) is 0. The fraction of sp³-hybridized carbons (Fsp3) is 0. The summed E-state index contributed by atoms with van der Waals surface area (Å²) in [6.07, 6.45) is 0. The predicted octanol–water partition coefficient (Wildman–Crippen LogP) is 13.7. The van der Waals surface area contributed by atoms with E-state index in [1.807, 2.05) is 0 Å². The van der Waals surface area contributed by atoms with Gasteiger partial charge in [-0.3, -0.25) is 14.4 Å². The molecule has 17 heteroatoms. The van der Waals surface area contributed by atoms with Gasteiger partial charge in [0.2, 0.25) is 0 Å². The van der Waals surface area contributed by atoms with Crippen LogP contribution in [0.25, 0.3) is 0 Å². The van der Waals surface area contributed by atoms with Gasteiger partial charge in [0.15, 0.2) is 0 Å². The zero-order valence-corrected chi connectivity index (χ0v) is 38.6. The van der Waals surface area contributed by atoms with E-state index in [0.717, 1.165) is 13.4 Å². The Morgan fingerprint density at radius 3 is 0.857 bits per heavy atom. The molecule has 284 valence electrons. The van der Waals surface area contributed by atoms with Crippen molar-refractivity contribution in [1.82, 2.24) is 0 Å². The Bertz CT molecular complexity index is 2220. The normalized spacial score (nSPS) is 11.0. The number of anilines is 3. The van der Waals surface area contributed by atoms with E-state index in [9.17, 15) is 14.4 Å². The van der Waals surface area contributed by atoms with Gasteiger partial charge in [-0.25, -0.2) is 0 Å². The van der Waals surface area contributed by atoms with Gasteiger partial charge < -0.3 is 29.5 Å². The van der Waals surface area contributed by atoms with Gasteiger partial charge in [-0.05, 0) is 127 Å². The van der Waals surface area contributed by atoms with Crippen LogP contribution in [0.4, 0.5) is 17.1 Å². The largest absolute Gasteiger partial charge is 0.647 e. The first-order valence-electron chi connectivity index (χ1n) is 16.0. The lowest BCUT2D eigenvalue weighted by molar-refractivity contribution is 0.101. The summed E-state index contributed by atoms with van der Waals surface area (Å²) < 4.78 is 37.4. The standard InChI is InChI=1S/C39H24Br6N3O7P/c40-22-1-10-28(11-2-22)46-37(49)31-19-25(43)7-16-34(31)53-56(52,54-35-17-8-26(44)20-32(35)38(50)47-29-12-3-23(41)4-13-29)55-36-18-9-27(45)21-33(36)39(51)48-30-14-5-24(42)6-15-30/h1-21H,(H,46,49)(H,47,50)(H,48,51). The van der Waals surface area contributed by atoms with E-state index in [0.29, 0.717) is 30.5 Å². The van der Waals surface area contributed by atoms with Gasteiger partial charge in [-0.1, -0.05) is 95.6 Å². The second kappa shape index (κ2) is 18.7. The molecule has 0 bridgehead atoms. The van der Waals surface area contributed by atoms with Crippen molar-refractivity contribution in [3.05, 3.63) is 171 Å². The summed E-state index contributed by atoms with van der Waals surface area (Å²) in [7, 11) is -5.00. The number of phosphoric acid groups is 1. The smallest absolute Gasteiger partial charge is 0.385 e. The lowest BCUT2D eigenvalue weighted by atomic mass is 10.2. The number of amides is 3. The molecule has 0 saturated heterocycles. The van der Waals surface area contributed by atoms with Gasteiger partial charge in [0.05, 0.1) is 16.7 Å². The lowest BCUT2D eigenvalue weighted by Crippen LogP contribution is -2.18. The number of nitrogens with one attached hydrogen (secondary N) is 3. The first-order chi connectivity index (χ1) is 26.7. The van der Waals surface area contributed by atoms with E-state index < -0.39 is 25.5 Å². The Morgan fingerprint density at radius 1 is 0.375 bits per heavy atom. The molecule has 0 fully saturated rings. The Hall–Kier alpha value is -3.76. The summed E-state index contributed by atoms with van der Waals surface area (Å²) in [5.74, 6) is -2.39. The minimum Gasteiger partial charge on any atom is -0.385 e. The molecular weight excluding hydrogens is 1130 g/mol. The van der Waals surface area contributed by atoms with E-state index >= 15 is 4.57 Å². The number of hydrogen-bond donors (Lipinski definition) is 3. The second-order valence-electron chi connectivity index (χ2n) is 11.5. The highest BCUT2D eigenvalue weighted by atomic mass is 79.9. The van der Waals surface area contributed by atoms with Crippen molar-refractivity contribution in [2.45, 2.75) is 0 Å². The maximum atomic E-state index is 15.2. The lowest BCUT2D eigenvalue weighted by Gasteiger charge is -2.23. The topological polar surface area (TPSA) is 132 Å². The summed E-state index contributed by atoms with van der Waals surface area (Å²) in [5, 5.41) is 8.39. The molecule has 0 heterocycles. The Kier molecular flexibility index (Phi) is 14.0. The third-order valence-corrected chi connectivity index (χ3v) is 11.8. The molecule has 56 heavy (non-hydrogen) atoms. The molecule has 0 unspecified atom stereocenters. The van der Waals surface area contributed by atoms with Crippen LogP contribution in [0.1, 0.15) is 31.1 Å². The van der Waals surface area contributed by atoms with Gasteiger partial charge >= 0.3 is 7.82 Å². The molecule has 0 aliphatic heterocycles. The highest BCUT2D eigenvalue weighted by molar-refractivity contribution is 9.11. The maximum Gasteiger partial charge on any atom is 0.647 e. The molecule has 3 N–H and O–H groups in total. The average Bonchev–Trinajstić information content (AvgIpc) is 3.16. The quantitative estimate of drug-likeness (QED) is 0.104. The van der Waals surface area contributed by atoms with E-state index in [1.165, 1.54) is 36.4 Å². The molecule has 0 aromatic heterocycles. The first-order valence-corrected chi connectivity index (χ1v) is 22.2. The average molecular weight is 1160 g/mol. The summed E-state index contributed by atoms with van der Waals surface area (Å²) in [6, 6.07) is 34.1. The SMILES string of the molecule is O=C(Nc1ccc(Br)cc1)c1cc(Br)ccc1OP(=O)(Oc1ccc(Br)cc1C(=O)Nc1ccc(Br)cc1)Oc1ccc(Br)cc1C(=O)Nc1ccc(Br)cc1. The molecule has 10 nitrogen and oxygen atoms in total. The fourth-order valence-electron chi connectivity index (χ4n) is 4.89. The van der Waals surface area contributed by atoms with E-state index in [2.05, 4.69) is 112 Å². The van der Waals surface area contributed by atoms with Crippen LogP contribution in [0.15, 0.2) is 154 Å². The number of rotatable bonds is 12. The molecular formula is C39H24Br6N3O7P. The third-order valence-electron chi connectivity index (χ3n) is 7.50. The molecule has 6 aromatic rings. The zero-order chi connectivity index (χ0) is 40.0. The van der Waals surface area contributed by atoms with Crippen LogP contribution < -0.4 is 29.5 Å². The summed E-state index contributed by atoms with van der Waals surface area (Å²) in [5.41, 5.74) is 1.32. The van der Waals surface area contributed by atoms with Crippen LogP contribution in [0.2, 0.25) is 0 Å². The monoisotopic (exact) mass is 1150 g/mol. The highest BCUT2D eigenvalue weighted by Crippen LogP contribution is 2.52. The maximum absolute atomic E-state index is 15.2. The van der Waals surface area contributed by atoms with Crippen molar-refractivity contribution in [2.75, 3.05) is 16.0 Å². The second-order valence-corrected chi connectivity index (χ2v) is 18.5.